The average Bonchev–Trinajstić information content (AvgIpc) is 2.86. The predicted octanol–water partition coefficient (Wildman–Crippen LogP) is 5.34. The maximum atomic E-state index is 13.5. The summed E-state index contributed by atoms with van der Waals surface area (Å²) in [6.45, 7) is 10.2. The number of amides is 1. The Bertz CT molecular complexity index is 1090. The minimum Gasteiger partial charge on any atom is -0.380 e. The molecule has 0 radical (unpaired) electrons. The van der Waals surface area contributed by atoms with E-state index in [1.807, 2.05) is 39.0 Å². The van der Waals surface area contributed by atoms with Crippen LogP contribution in [0.15, 0.2) is 36.4 Å². The first kappa shape index (κ1) is 30.9. The number of halogens is 6. The van der Waals surface area contributed by atoms with Gasteiger partial charge in [-0.3, -0.25) is 9.69 Å². The van der Waals surface area contributed by atoms with Crippen LogP contribution in [-0.4, -0.2) is 74.2 Å². The molecular formula is C28H35F6N3O2. The first-order valence-corrected chi connectivity index (χ1v) is 13.0. The fourth-order valence-corrected chi connectivity index (χ4v) is 4.79. The number of hydrogen-bond acceptors (Lipinski definition) is 4. The Hall–Kier alpha value is -2.63. The smallest absolute Gasteiger partial charge is 0.380 e. The molecule has 0 spiro atoms. The lowest BCUT2D eigenvalue weighted by molar-refractivity contribution is -0.143. The van der Waals surface area contributed by atoms with E-state index in [1.54, 1.807) is 0 Å². The molecule has 0 saturated carbocycles. The van der Waals surface area contributed by atoms with E-state index in [-0.39, 0.29) is 12.6 Å². The highest BCUT2D eigenvalue weighted by molar-refractivity contribution is 5.95. The molecule has 3 rings (SSSR count). The summed E-state index contributed by atoms with van der Waals surface area (Å²) in [5, 5.41) is 3.29. The molecule has 0 bridgehead atoms. The molecule has 11 heteroatoms. The standard InChI is InChI=1S/C28H35F6N3O2/c1-4-39-12-8-35-7-9-36-10-11-37(25(18-36)16-21-6-5-19(2)13-20(21)3)26(38)22-14-23(27(29,30)31)17-24(15-22)28(32,33)34/h5-6,13-15,17,25,35H,4,7-12,16,18H2,1-3H3/t25-/m1/s1. The second-order valence-electron chi connectivity index (χ2n) is 9.83. The van der Waals surface area contributed by atoms with Crippen molar-refractivity contribution in [2.24, 2.45) is 0 Å². The lowest BCUT2D eigenvalue weighted by atomic mass is 9.96. The van der Waals surface area contributed by atoms with Crippen LogP contribution in [0.2, 0.25) is 0 Å². The van der Waals surface area contributed by atoms with Crippen molar-refractivity contribution in [3.05, 3.63) is 69.8 Å². The normalized spacial score (nSPS) is 17.1. The number of hydrogen-bond donors (Lipinski definition) is 1. The van der Waals surface area contributed by atoms with Crippen LogP contribution in [0.5, 0.6) is 0 Å². The Balaban J connectivity index is 1.86. The predicted molar refractivity (Wildman–Crippen MR) is 137 cm³/mol. The molecule has 0 unspecified atom stereocenters. The SMILES string of the molecule is CCOCCNCCN1CCN(C(=O)c2cc(C(F)(F)F)cc(C(F)(F)F)c2)[C@H](Cc2ccc(C)cc2C)C1. The van der Waals surface area contributed by atoms with Gasteiger partial charge in [-0.15, -0.1) is 0 Å². The zero-order chi connectivity index (χ0) is 28.8. The van der Waals surface area contributed by atoms with Gasteiger partial charge in [0, 0.05) is 57.5 Å². The number of benzene rings is 2. The van der Waals surface area contributed by atoms with Gasteiger partial charge in [-0.1, -0.05) is 23.8 Å². The minimum absolute atomic E-state index is 0.0421. The monoisotopic (exact) mass is 559 g/mol. The van der Waals surface area contributed by atoms with Gasteiger partial charge >= 0.3 is 12.4 Å². The molecule has 1 aliphatic heterocycles. The summed E-state index contributed by atoms with van der Waals surface area (Å²) in [5.41, 5.74) is -0.563. The number of ether oxygens (including phenoxy) is 1. The van der Waals surface area contributed by atoms with E-state index in [1.165, 1.54) is 4.90 Å². The lowest BCUT2D eigenvalue weighted by Gasteiger charge is -2.42. The Morgan fingerprint density at radius 3 is 2.23 bits per heavy atom. The molecule has 1 N–H and O–H groups in total. The Labute approximate surface area is 225 Å². The van der Waals surface area contributed by atoms with Gasteiger partial charge in [0.2, 0.25) is 0 Å². The van der Waals surface area contributed by atoms with Gasteiger partial charge in [-0.2, -0.15) is 26.3 Å². The van der Waals surface area contributed by atoms with E-state index >= 15 is 0 Å². The highest BCUT2D eigenvalue weighted by atomic mass is 19.4. The number of aryl methyl sites for hydroxylation is 2. The van der Waals surface area contributed by atoms with E-state index < -0.39 is 41.0 Å². The first-order valence-electron chi connectivity index (χ1n) is 13.0. The van der Waals surface area contributed by atoms with E-state index in [4.69, 9.17) is 4.74 Å². The van der Waals surface area contributed by atoms with Crippen molar-refractivity contribution in [2.45, 2.75) is 45.6 Å². The first-order chi connectivity index (χ1) is 18.3. The highest BCUT2D eigenvalue weighted by Gasteiger charge is 2.39. The number of carbonyl (C=O) groups excluding carboxylic acids is 1. The van der Waals surface area contributed by atoms with Crippen molar-refractivity contribution in [2.75, 3.05) is 52.5 Å². The molecule has 1 atom stereocenters. The zero-order valence-corrected chi connectivity index (χ0v) is 22.4. The van der Waals surface area contributed by atoms with Crippen molar-refractivity contribution in [3.8, 4) is 0 Å². The molecule has 216 valence electrons. The van der Waals surface area contributed by atoms with Crippen molar-refractivity contribution in [1.29, 1.82) is 0 Å². The molecule has 1 amide bonds. The van der Waals surface area contributed by atoms with Crippen LogP contribution in [-0.2, 0) is 23.5 Å². The van der Waals surface area contributed by atoms with Crippen molar-refractivity contribution in [1.82, 2.24) is 15.1 Å². The van der Waals surface area contributed by atoms with Crippen LogP contribution in [0.3, 0.4) is 0 Å². The van der Waals surface area contributed by atoms with Gasteiger partial charge in [-0.25, -0.2) is 0 Å². The van der Waals surface area contributed by atoms with Crippen molar-refractivity contribution >= 4 is 5.91 Å². The number of alkyl halides is 6. The molecular weight excluding hydrogens is 524 g/mol. The van der Waals surface area contributed by atoms with Crippen LogP contribution in [0.25, 0.3) is 0 Å². The number of rotatable bonds is 10. The van der Waals surface area contributed by atoms with Gasteiger partial charge in [0.15, 0.2) is 0 Å². The molecule has 1 fully saturated rings. The third-order valence-corrected chi connectivity index (χ3v) is 6.85. The summed E-state index contributed by atoms with van der Waals surface area (Å²) in [4.78, 5) is 17.1. The third kappa shape index (κ3) is 8.68. The second-order valence-corrected chi connectivity index (χ2v) is 9.83. The third-order valence-electron chi connectivity index (χ3n) is 6.85. The Morgan fingerprint density at radius 2 is 1.64 bits per heavy atom. The fraction of sp³-hybridized carbons (Fsp3) is 0.536. The van der Waals surface area contributed by atoms with Gasteiger partial charge in [-0.05, 0) is 56.5 Å². The highest BCUT2D eigenvalue weighted by Crippen LogP contribution is 2.37. The summed E-state index contributed by atoms with van der Waals surface area (Å²) in [6.07, 6.45) is -9.62. The quantitative estimate of drug-likeness (QED) is 0.316. The van der Waals surface area contributed by atoms with Crippen LogP contribution in [0.1, 0.15) is 45.1 Å². The van der Waals surface area contributed by atoms with Gasteiger partial charge in [0.1, 0.15) is 0 Å². The summed E-state index contributed by atoms with van der Waals surface area (Å²) in [5.74, 6) is -0.837. The summed E-state index contributed by atoms with van der Waals surface area (Å²) < 4.78 is 85.9. The van der Waals surface area contributed by atoms with Crippen LogP contribution < -0.4 is 5.32 Å². The van der Waals surface area contributed by atoms with Crippen molar-refractivity contribution in [3.63, 3.8) is 0 Å². The number of carbonyl (C=O) groups is 1. The van der Waals surface area contributed by atoms with Gasteiger partial charge in [0.05, 0.1) is 17.7 Å². The van der Waals surface area contributed by atoms with Crippen LogP contribution in [0.4, 0.5) is 26.3 Å². The Morgan fingerprint density at radius 1 is 0.974 bits per heavy atom. The van der Waals surface area contributed by atoms with Crippen LogP contribution in [0, 0.1) is 13.8 Å². The molecule has 1 heterocycles. The molecule has 2 aromatic rings. The topological polar surface area (TPSA) is 44.8 Å². The van der Waals surface area contributed by atoms with E-state index in [9.17, 15) is 31.1 Å². The molecule has 0 aromatic heterocycles. The van der Waals surface area contributed by atoms with E-state index in [0.717, 1.165) is 16.7 Å². The van der Waals surface area contributed by atoms with Gasteiger partial charge < -0.3 is 15.0 Å². The van der Waals surface area contributed by atoms with Crippen LogP contribution >= 0.6 is 0 Å². The van der Waals surface area contributed by atoms with E-state index in [0.29, 0.717) is 64.5 Å². The summed E-state index contributed by atoms with van der Waals surface area (Å²) in [7, 11) is 0. The molecule has 1 aliphatic rings. The second kappa shape index (κ2) is 13.1. The molecule has 0 aliphatic carbocycles. The fourth-order valence-electron chi connectivity index (χ4n) is 4.79. The largest absolute Gasteiger partial charge is 0.416 e. The average molecular weight is 560 g/mol. The van der Waals surface area contributed by atoms with Crippen molar-refractivity contribution < 1.29 is 35.9 Å². The number of nitrogens with one attached hydrogen (secondary N) is 1. The van der Waals surface area contributed by atoms with Gasteiger partial charge in [0.25, 0.3) is 5.91 Å². The number of piperazine rings is 1. The summed E-state index contributed by atoms with van der Waals surface area (Å²) >= 11 is 0. The summed E-state index contributed by atoms with van der Waals surface area (Å²) in [6, 6.07) is 6.54. The maximum absolute atomic E-state index is 13.5. The number of nitrogens with zero attached hydrogens (tertiary/aromatic N) is 2. The lowest BCUT2D eigenvalue weighted by Crippen LogP contribution is -2.57. The maximum Gasteiger partial charge on any atom is 0.416 e. The van der Waals surface area contributed by atoms with E-state index in [2.05, 4.69) is 10.2 Å². The molecule has 2 aromatic carbocycles. The molecule has 1 saturated heterocycles. The Kier molecular flexibility index (Phi) is 10.4. The minimum atomic E-state index is -5.03. The molecule has 39 heavy (non-hydrogen) atoms. The molecule has 5 nitrogen and oxygen atoms in total. The zero-order valence-electron chi connectivity index (χ0n) is 22.4.